The normalized spacial score (nSPS) is 15.7. The van der Waals surface area contributed by atoms with Crippen LogP contribution in [0.25, 0.3) is 0 Å². The largest absolute Gasteiger partial charge is 0.449 e. The first-order valence-electron chi connectivity index (χ1n) is 7.23. The molecule has 1 nitrogen and oxygen atoms in total. The van der Waals surface area contributed by atoms with E-state index in [2.05, 4.69) is 88.3 Å². The molecule has 0 bridgehead atoms. The molecule has 0 saturated carbocycles. The average Bonchev–Trinajstić information content (AvgIpc) is 2.09. The van der Waals surface area contributed by atoms with Gasteiger partial charge in [0, 0.05) is 0 Å². The summed E-state index contributed by atoms with van der Waals surface area (Å²) in [6.07, 6.45) is 0. The molecule has 0 fully saturated rings. The summed E-state index contributed by atoms with van der Waals surface area (Å²) in [5, 5.41) is 0. The first-order chi connectivity index (χ1) is 8.12. The average molecular weight is 331 g/mol. The van der Waals surface area contributed by atoms with Gasteiger partial charge in [-0.2, -0.15) is 0 Å². The maximum absolute atomic E-state index is 6.56. The lowest BCUT2D eigenvalue weighted by Crippen LogP contribution is -2.43. The number of hydrogen-bond donors (Lipinski definition) is 0. The SMILES string of the molecule is C[Si](C)(C)C=C[Si](C)(C)O[Si](C)(C)C=C[Si](C)(C)C. The third-order valence-electron chi connectivity index (χ3n) is 2.50. The molecular weight excluding hydrogens is 296 g/mol. The zero-order valence-electron chi connectivity index (χ0n) is 14.7. The van der Waals surface area contributed by atoms with Crippen molar-refractivity contribution in [1.29, 1.82) is 0 Å². The lowest BCUT2D eigenvalue weighted by atomic mass is 11.2. The van der Waals surface area contributed by atoms with Gasteiger partial charge in [0.25, 0.3) is 0 Å². The smallest absolute Gasteiger partial charge is 0.198 e. The van der Waals surface area contributed by atoms with Gasteiger partial charge in [-0.1, -0.05) is 50.7 Å². The zero-order valence-corrected chi connectivity index (χ0v) is 18.7. The monoisotopic (exact) mass is 330 g/mol. The minimum Gasteiger partial charge on any atom is -0.449 e. The Morgan fingerprint density at radius 2 is 0.737 bits per heavy atom. The molecule has 19 heavy (non-hydrogen) atoms. The summed E-state index contributed by atoms with van der Waals surface area (Å²) in [5.41, 5.74) is 9.73. The Labute approximate surface area is 125 Å². The zero-order chi connectivity index (χ0) is 15.5. The summed E-state index contributed by atoms with van der Waals surface area (Å²) >= 11 is 0. The van der Waals surface area contributed by atoms with Crippen molar-refractivity contribution in [2.75, 3.05) is 0 Å². The van der Waals surface area contributed by atoms with Gasteiger partial charge in [0.2, 0.25) is 0 Å². The molecule has 0 N–H and O–H groups in total. The van der Waals surface area contributed by atoms with Crippen LogP contribution in [0.4, 0.5) is 0 Å². The summed E-state index contributed by atoms with van der Waals surface area (Å²) in [4.78, 5) is 0. The molecule has 0 aromatic heterocycles. The first kappa shape index (κ1) is 19.3. The summed E-state index contributed by atoms with van der Waals surface area (Å²) in [5.74, 6) is 0. The van der Waals surface area contributed by atoms with E-state index in [1.165, 1.54) is 0 Å². The Morgan fingerprint density at radius 3 is 0.947 bits per heavy atom. The van der Waals surface area contributed by atoms with E-state index in [4.69, 9.17) is 4.12 Å². The fourth-order valence-corrected chi connectivity index (χ4v) is 14.8. The van der Waals surface area contributed by atoms with Crippen molar-refractivity contribution >= 4 is 32.8 Å². The number of hydrogen-bond acceptors (Lipinski definition) is 1. The third kappa shape index (κ3) is 11.8. The molecule has 0 radical (unpaired) electrons. The molecule has 112 valence electrons. The standard InChI is InChI=1S/C14H34OSi4/c1-16(2,3)11-13-18(7,8)15-19(9,10)14-12-17(4,5)6/h11-14H,1-10H3. The summed E-state index contributed by atoms with van der Waals surface area (Å²) in [7, 11) is -5.55. The van der Waals surface area contributed by atoms with Crippen molar-refractivity contribution < 1.29 is 4.12 Å². The molecule has 0 rings (SSSR count). The van der Waals surface area contributed by atoms with Crippen molar-refractivity contribution in [3.63, 3.8) is 0 Å². The van der Waals surface area contributed by atoms with Gasteiger partial charge in [-0.15, -0.1) is 11.4 Å². The maximum Gasteiger partial charge on any atom is 0.198 e. The Kier molecular flexibility index (Phi) is 6.49. The van der Waals surface area contributed by atoms with Crippen LogP contribution in [0.5, 0.6) is 0 Å². The Morgan fingerprint density at radius 1 is 0.474 bits per heavy atom. The molecule has 0 saturated heterocycles. The van der Waals surface area contributed by atoms with Crippen LogP contribution < -0.4 is 0 Å². The van der Waals surface area contributed by atoms with Crippen molar-refractivity contribution in [3.8, 4) is 0 Å². The van der Waals surface area contributed by atoms with Crippen LogP contribution in [0, 0.1) is 0 Å². The van der Waals surface area contributed by atoms with Crippen molar-refractivity contribution in [2.45, 2.75) is 65.5 Å². The third-order valence-corrected chi connectivity index (χ3v) is 11.6. The highest BCUT2D eigenvalue weighted by molar-refractivity contribution is 6.92. The Bertz CT molecular complexity index is 309. The van der Waals surface area contributed by atoms with Gasteiger partial charge < -0.3 is 4.12 Å². The van der Waals surface area contributed by atoms with E-state index >= 15 is 0 Å². The van der Waals surface area contributed by atoms with E-state index < -0.39 is 32.8 Å². The van der Waals surface area contributed by atoms with E-state index in [1.807, 2.05) is 0 Å². The van der Waals surface area contributed by atoms with E-state index in [1.54, 1.807) is 0 Å². The molecule has 0 spiro atoms. The molecule has 0 atom stereocenters. The molecule has 0 aliphatic heterocycles. The minimum absolute atomic E-state index is 1.11. The summed E-state index contributed by atoms with van der Waals surface area (Å²) in [6, 6.07) is 0. The second-order valence-electron chi connectivity index (χ2n) is 8.71. The van der Waals surface area contributed by atoms with E-state index in [9.17, 15) is 0 Å². The van der Waals surface area contributed by atoms with Gasteiger partial charge in [-0.05, 0) is 26.2 Å². The Hall–Kier alpha value is 0.308. The van der Waals surface area contributed by atoms with Crippen LogP contribution in [-0.4, -0.2) is 32.8 Å². The van der Waals surface area contributed by atoms with Crippen LogP contribution in [0.3, 0.4) is 0 Å². The van der Waals surface area contributed by atoms with Crippen molar-refractivity contribution in [2.24, 2.45) is 0 Å². The molecule has 0 aromatic carbocycles. The second-order valence-corrected chi connectivity index (χ2v) is 26.7. The second kappa shape index (κ2) is 6.38. The Balaban J connectivity index is 4.82. The van der Waals surface area contributed by atoms with Crippen LogP contribution in [0.1, 0.15) is 0 Å². The minimum atomic E-state index is -1.66. The van der Waals surface area contributed by atoms with Gasteiger partial charge in [0.15, 0.2) is 16.6 Å². The summed E-state index contributed by atoms with van der Waals surface area (Å²) < 4.78 is 6.56. The fraction of sp³-hybridized carbons (Fsp3) is 0.714. The van der Waals surface area contributed by atoms with Crippen LogP contribution in [-0.2, 0) is 4.12 Å². The van der Waals surface area contributed by atoms with Gasteiger partial charge in [-0.3, -0.25) is 0 Å². The molecule has 0 aliphatic carbocycles. The molecule has 0 unspecified atom stereocenters. The van der Waals surface area contributed by atoms with E-state index in [-0.39, 0.29) is 0 Å². The van der Waals surface area contributed by atoms with E-state index in [0.29, 0.717) is 0 Å². The quantitative estimate of drug-likeness (QED) is 0.596. The van der Waals surface area contributed by atoms with Gasteiger partial charge in [0.05, 0.1) is 16.1 Å². The lowest BCUT2D eigenvalue weighted by Gasteiger charge is -2.31. The van der Waals surface area contributed by atoms with Gasteiger partial charge in [0.1, 0.15) is 0 Å². The fourth-order valence-electron chi connectivity index (χ4n) is 1.65. The van der Waals surface area contributed by atoms with E-state index in [0.717, 1.165) is 0 Å². The topological polar surface area (TPSA) is 9.23 Å². The van der Waals surface area contributed by atoms with Crippen LogP contribution >= 0.6 is 0 Å². The molecular formula is C14H34OSi4. The molecule has 5 heteroatoms. The summed E-state index contributed by atoms with van der Waals surface area (Å²) in [6.45, 7) is 23.5. The van der Waals surface area contributed by atoms with Crippen LogP contribution in [0.2, 0.25) is 65.5 Å². The maximum atomic E-state index is 6.56. The van der Waals surface area contributed by atoms with Gasteiger partial charge in [-0.25, -0.2) is 0 Å². The predicted octanol–water partition coefficient (Wildman–Crippen LogP) is 5.36. The van der Waals surface area contributed by atoms with Crippen molar-refractivity contribution in [3.05, 3.63) is 22.8 Å². The highest BCUT2D eigenvalue weighted by Crippen LogP contribution is 2.19. The molecule has 0 aromatic rings. The van der Waals surface area contributed by atoms with Gasteiger partial charge >= 0.3 is 0 Å². The lowest BCUT2D eigenvalue weighted by molar-refractivity contribution is 0.571. The predicted molar refractivity (Wildman–Crippen MR) is 101 cm³/mol. The molecule has 0 aliphatic rings. The van der Waals surface area contributed by atoms with Crippen LogP contribution in [0.15, 0.2) is 22.8 Å². The highest BCUT2D eigenvalue weighted by atomic mass is 28.4. The van der Waals surface area contributed by atoms with Crippen molar-refractivity contribution in [1.82, 2.24) is 0 Å². The molecule has 0 amide bonds. The number of rotatable bonds is 6. The molecule has 0 heterocycles. The highest BCUT2D eigenvalue weighted by Gasteiger charge is 2.30. The first-order valence-corrected chi connectivity index (χ1v) is 20.4.